The molecule has 5 heteroatoms. The molecule has 3 heterocycles. The van der Waals surface area contributed by atoms with E-state index in [1.165, 1.54) is 24.9 Å². The Morgan fingerprint density at radius 3 is 3.00 bits per heavy atom. The van der Waals surface area contributed by atoms with E-state index in [9.17, 15) is 0 Å². The number of piperidine rings is 1. The monoisotopic (exact) mass is 259 g/mol. The second kappa shape index (κ2) is 5.17. The highest BCUT2D eigenvalue weighted by Gasteiger charge is 2.23. The van der Waals surface area contributed by atoms with Gasteiger partial charge in [-0.3, -0.25) is 9.58 Å². The average molecular weight is 259 g/mol. The van der Waals surface area contributed by atoms with Crippen molar-refractivity contribution in [2.24, 2.45) is 7.05 Å². The lowest BCUT2D eigenvalue weighted by molar-refractivity contribution is 0.197. The summed E-state index contributed by atoms with van der Waals surface area (Å²) in [4.78, 5) is 10.4. The minimum absolute atomic E-state index is 0.541. The van der Waals surface area contributed by atoms with Gasteiger partial charge in [-0.25, -0.2) is 4.98 Å². The number of aromatic nitrogens is 4. The first-order valence-electron chi connectivity index (χ1n) is 6.92. The molecule has 1 atom stereocenters. The fraction of sp³-hybridized carbons (Fsp3) is 0.571. The molecule has 0 aromatic carbocycles. The zero-order chi connectivity index (χ0) is 13.2. The first-order valence-corrected chi connectivity index (χ1v) is 6.92. The van der Waals surface area contributed by atoms with Crippen LogP contribution < -0.4 is 0 Å². The summed E-state index contributed by atoms with van der Waals surface area (Å²) in [6.07, 6.45) is 8.46. The van der Waals surface area contributed by atoms with Crippen molar-refractivity contribution in [3.05, 3.63) is 35.7 Å². The number of hydrogen-bond acceptors (Lipinski definition) is 3. The molecule has 1 aliphatic heterocycles. The van der Waals surface area contributed by atoms with Gasteiger partial charge in [-0.15, -0.1) is 0 Å². The Bertz CT molecular complexity index is 542. The van der Waals surface area contributed by atoms with E-state index in [2.05, 4.69) is 33.1 Å². The standard InChI is InChI=1S/C14H21N5/c1-11-6-15-14(17-11)13-4-3-5-19(10-13)9-12-7-16-18(2)8-12/h6-8,13H,3-5,9-10H2,1-2H3,(H,15,17). The van der Waals surface area contributed by atoms with Crippen LogP contribution in [0.2, 0.25) is 0 Å². The molecule has 0 aliphatic carbocycles. The number of H-pyrrole nitrogens is 1. The first kappa shape index (κ1) is 12.4. The lowest BCUT2D eigenvalue weighted by Gasteiger charge is -2.31. The molecule has 2 aromatic heterocycles. The van der Waals surface area contributed by atoms with Gasteiger partial charge in [0.2, 0.25) is 0 Å². The number of hydrogen-bond donors (Lipinski definition) is 1. The molecular weight excluding hydrogens is 238 g/mol. The Labute approximate surface area is 113 Å². The van der Waals surface area contributed by atoms with Gasteiger partial charge in [0.05, 0.1) is 6.20 Å². The molecule has 5 nitrogen and oxygen atoms in total. The maximum Gasteiger partial charge on any atom is 0.110 e. The topological polar surface area (TPSA) is 49.7 Å². The molecule has 1 saturated heterocycles. The van der Waals surface area contributed by atoms with Gasteiger partial charge in [0.1, 0.15) is 5.82 Å². The number of nitrogens with zero attached hydrogens (tertiary/aromatic N) is 4. The molecule has 0 spiro atoms. The number of imidazole rings is 1. The summed E-state index contributed by atoms with van der Waals surface area (Å²) in [5, 5.41) is 4.23. The SMILES string of the molecule is Cc1cnc(C2CCCN(Cc3cnn(C)c3)C2)[nH]1. The van der Waals surface area contributed by atoms with Gasteiger partial charge in [-0.2, -0.15) is 5.10 Å². The zero-order valence-electron chi connectivity index (χ0n) is 11.6. The zero-order valence-corrected chi connectivity index (χ0v) is 11.6. The van der Waals surface area contributed by atoms with Crippen molar-refractivity contribution >= 4 is 0 Å². The van der Waals surface area contributed by atoms with Crippen LogP contribution in [0.15, 0.2) is 18.6 Å². The molecular formula is C14H21N5. The minimum Gasteiger partial charge on any atom is -0.346 e. The minimum atomic E-state index is 0.541. The molecule has 102 valence electrons. The van der Waals surface area contributed by atoms with Crippen molar-refractivity contribution in [2.45, 2.75) is 32.2 Å². The van der Waals surface area contributed by atoms with Gasteiger partial charge in [-0.1, -0.05) is 0 Å². The summed E-state index contributed by atoms with van der Waals surface area (Å²) in [7, 11) is 1.97. The predicted octanol–water partition coefficient (Wildman–Crippen LogP) is 1.83. The van der Waals surface area contributed by atoms with Crippen molar-refractivity contribution in [2.75, 3.05) is 13.1 Å². The number of likely N-dealkylation sites (tertiary alicyclic amines) is 1. The van der Waals surface area contributed by atoms with Gasteiger partial charge in [0.15, 0.2) is 0 Å². The Balaban J connectivity index is 1.64. The molecule has 3 rings (SSSR count). The molecule has 0 bridgehead atoms. The van der Waals surface area contributed by atoms with Crippen molar-refractivity contribution in [3.8, 4) is 0 Å². The smallest absolute Gasteiger partial charge is 0.110 e. The summed E-state index contributed by atoms with van der Waals surface area (Å²) in [6.45, 7) is 5.31. The third kappa shape index (κ3) is 2.87. The quantitative estimate of drug-likeness (QED) is 0.915. The predicted molar refractivity (Wildman–Crippen MR) is 73.8 cm³/mol. The van der Waals surface area contributed by atoms with E-state index in [0.717, 1.165) is 24.6 Å². The third-order valence-corrected chi connectivity index (χ3v) is 3.78. The van der Waals surface area contributed by atoms with Gasteiger partial charge in [0, 0.05) is 49.7 Å². The van der Waals surface area contributed by atoms with E-state index >= 15 is 0 Å². The van der Waals surface area contributed by atoms with Gasteiger partial charge in [-0.05, 0) is 26.3 Å². The van der Waals surface area contributed by atoms with Crippen LogP contribution >= 0.6 is 0 Å². The molecule has 1 fully saturated rings. The highest BCUT2D eigenvalue weighted by Crippen LogP contribution is 2.25. The molecule has 1 N–H and O–H groups in total. The van der Waals surface area contributed by atoms with Crippen LogP contribution in [0.25, 0.3) is 0 Å². The van der Waals surface area contributed by atoms with E-state index in [0.29, 0.717) is 5.92 Å². The Morgan fingerprint density at radius 2 is 2.32 bits per heavy atom. The van der Waals surface area contributed by atoms with Crippen LogP contribution in [0.1, 0.15) is 35.8 Å². The number of aryl methyl sites for hydroxylation is 2. The average Bonchev–Trinajstić information content (AvgIpc) is 2.99. The first-order chi connectivity index (χ1) is 9.20. The number of aromatic amines is 1. The summed E-state index contributed by atoms with van der Waals surface area (Å²) in [5.74, 6) is 1.69. The molecule has 2 aromatic rings. The van der Waals surface area contributed by atoms with Crippen LogP contribution in [0.4, 0.5) is 0 Å². The van der Waals surface area contributed by atoms with Gasteiger partial charge >= 0.3 is 0 Å². The molecule has 1 unspecified atom stereocenters. The van der Waals surface area contributed by atoms with Gasteiger partial charge in [0.25, 0.3) is 0 Å². The lowest BCUT2D eigenvalue weighted by Crippen LogP contribution is -2.34. The van der Waals surface area contributed by atoms with Crippen LogP contribution in [-0.2, 0) is 13.6 Å². The highest BCUT2D eigenvalue weighted by atomic mass is 15.2. The summed E-state index contributed by atoms with van der Waals surface area (Å²) >= 11 is 0. The summed E-state index contributed by atoms with van der Waals surface area (Å²) in [6, 6.07) is 0. The van der Waals surface area contributed by atoms with E-state index < -0.39 is 0 Å². The highest BCUT2D eigenvalue weighted by molar-refractivity contribution is 5.07. The Morgan fingerprint density at radius 1 is 1.42 bits per heavy atom. The van der Waals surface area contributed by atoms with Crippen molar-refractivity contribution in [3.63, 3.8) is 0 Å². The molecule has 19 heavy (non-hydrogen) atoms. The van der Waals surface area contributed by atoms with E-state index in [4.69, 9.17) is 0 Å². The Hall–Kier alpha value is -1.62. The van der Waals surface area contributed by atoms with Crippen molar-refractivity contribution in [1.82, 2.24) is 24.6 Å². The van der Waals surface area contributed by atoms with E-state index in [1.54, 1.807) is 0 Å². The van der Waals surface area contributed by atoms with Crippen LogP contribution in [0.5, 0.6) is 0 Å². The summed E-state index contributed by atoms with van der Waals surface area (Å²) < 4.78 is 1.87. The van der Waals surface area contributed by atoms with Crippen LogP contribution in [0, 0.1) is 6.92 Å². The lowest BCUT2D eigenvalue weighted by atomic mass is 9.97. The largest absolute Gasteiger partial charge is 0.346 e. The molecule has 0 amide bonds. The number of nitrogens with one attached hydrogen (secondary N) is 1. The molecule has 0 radical (unpaired) electrons. The maximum absolute atomic E-state index is 4.49. The maximum atomic E-state index is 4.49. The molecule has 1 aliphatic rings. The van der Waals surface area contributed by atoms with E-state index in [-0.39, 0.29) is 0 Å². The normalized spacial score (nSPS) is 20.8. The fourth-order valence-corrected chi connectivity index (χ4v) is 2.87. The Kier molecular flexibility index (Phi) is 3.38. The number of rotatable bonds is 3. The van der Waals surface area contributed by atoms with Gasteiger partial charge < -0.3 is 4.98 Å². The second-order valence-corrected chi connectivity index (χ2v) is 5.55. The van der Waals surface area contributed by atoms with E-state index in [1.807, 2.05) is 24.1 Å². The van der Waals surface area contributed by atoms with Crippen molar-refractivity contribution in [1.29, 1.82) is 0 Å². The molecule has 0 saturated carbocycles. The summed E-state index contributed by atoms with van der Waals surface area (Å²) in [5.41, 5.74) is 2.44. The van der Waals surface area contributed by atoms with Crippen LogP contribution in [-0.4, -0.2) is 37.7 Å². The fourth-order valence-electron chi connectivity index (χ4n) is 2.87. The van der Waals surface area contributed by atoms with Crippen molar-refractivity contribution < 1.29 is 0 Å². The second-order valence-electron chi connectivity index (χ2n) is 5.55. The third-order valence-electron chi connectivity index (χ3n) is 3.78. The van der Waals surface area contributed by atoms with Crippen LogP contribution in [0.3, 0.4) is 0 Å².